The van der Waals surface area contributed by atoms with Gasteiger partial charge in [0.25, 0.3) is 0 Å². The van der Waals surface area contributed by atoms with Gasteiger partial charge in [0.1, 0.15) is 12.1 Å². The predicted molar refractivity (Wildman–Crippen MR) is 72.7 cm³/mol. The van der Waals surface area contributed by atoms with Crippen molar-refractivity contribution in [3.8, 4) is 0 Å². The zero-order valence-corrected chi connectivity index (χ0v) is 11.2. The Bertz CT molecular complexity index is 383. The Morgan fingerprint density at radius 3 is 2.56 bits per heavy atom. The predicted octanol–water partition coefficient (Wildman–Crippen LogP) is 1.43. The molecule has 0 aromatic carbocycles. The van der Waals surface area contributed by atoms with Crippen LogP contribution in [0.2, 0.25) is 0 Å². The molecule has 4 nitrogen and oxygen atoms in total. The second-order valence-electron chi connectivity index (χ2n) is 5.56. The number of aldehydes is 1. The second kappa shape index (κ2) is 5.48. The Balaban J connectivity index is 1.87. The van der Waals surface area contributed by atoms with Gasteiger partial charge in [0.05, 0.1) is 0 Å². The number of aromatic nitrogens is 1. The molecule has 2 rings (SSSR count). The van der Waals surface area contributed by atoms with Gasteiger partial charge in [-0.2, -0.15) is 0 Å². The van der Waals surface area contributed by atoms with Gasteiger partial charge in [0, 0.05) is 44.3 Å². The average Bonchev–Trinajstić information content (AvgIpc) is 2.40. The summed E-state index contributed by atoms with van der Waals surface area (Å²) in [5.74, 6) is 1.05. The van der Waals surface area contributed by atoms with Gasteiger partial charge in [-0.25, -0.2) is 4.98 Å². The summed E-state index contributed by atoms with van der Waals surface area (Å²) in [5.41, 5.74) is -0.243. The molecule has 1 saturated heterocycles. The normalized spacial score (nSPS) is 17.8. The van der Waals surface area contributed by atoms with Crippen LogP contribution in [0, 0.1) is 5.41 Å². The molecule has 0 unspecified atom stereocenters. The van der Waals surface area contributed by atoms with Crippen molar-refractivity contribution in [2.75, 3.05) is 37.6 Å². The van der Waals surface area contributed by atoms with E-state index in [1.807, 2.05) is 38.2 Å². The number of anilines is 1. The van der Waals surface area contributed by atoms with Gasteiger partial charge in [-0.1, -0.05) is 19.9 Å². The minimum Gasteiger partial charge on any atom is -0.354 e. The van der Waals surface area contributed by atoms with Crippen LogP contribution < -0.4 is 4.90 Å². The van der Waals surface area contributed by atoms with Crippen LogP contribution in [-0.4, -0.2) is 48.9 Å². The van der Waals surface area contributed by atoms with Crippen LogP contribution in [0.5, 0.6) is 0 Å². The van der Waals surface area contributed by atoms with Crippen LogP contribution in [0.15, 0.2) is 24.4 Å². The van der Waals surface area contributed by atoms with E-state index in [-0.39, 0.29) is 5.41 Å². The zero-order valence-electron chi connectivity index (χ0n) is 11.2. The van der Waals surface area contributed by atoms with Gasteiger partial charge < -0.3 is 9.69 Å². The van der Waals surface area contributed by atoms with Crippen LogP contribution in [0.4, 0.5) is 5.82 Å². The van der Waals surface area contributed by atoms with Crippen molar-refractivity contribution in [3.63, 3.8) is 0 Å². The lowest BCUT2D eigenvalue weighted by molar-refractivity contribution is -0.115. The Labute approximate surface area is 109 Å². The van der Waals surface area contributed by atoms with Crippen LogP contribution in [0.25, 0.3) is 0 Å². The second-order valence-corrected chi connectivity index (χ2v) is 5.56. The number of nitrogens with zero attached hydrogens (tertiary/aromatic N) is 3. The zero-order chi connectivity index (χ0) is 13.0. The molecule has 18 heavy (non-hydrogen) atoms. The Morgan fingerprint density at radius 2 is 2.00 bits per heavy atom. The first-order valence-electron chi connectivity index (χ1n) is 6.45. The van der Waals surface area contributed by atoms with E-state index in [0.717, 1.165) is 44.8 Å². The molecule has 0 spiro atoms. The first-order chi connectivity index (χ1) is 8.61. The molecule has 0 radical (unpaired) electrons. The Hall–Kier alpha value is -1.42. The van der Waals surface area contributed by atoms with Crippen molar-refractivity contribution in [2.24, 2.45) is 5.41 Å². The maximum Gasteiger partial charge on any atom is 0.128 e. The lowest BCUT2D eigenvalue weighted by Gasteiger charge is -2.37. The van der Waals surface area contributed by atoms with Crippen molar-refractivity contribution < 1.29 is 4.79 Å². The summed E-state index contributed by atoms with van der Waals surface area (Å²) in [7, 11) is 0. The molecule has 2 heterocycles. The van der Waals surface area contributed by atoms with Crippen molar-refractivity contribution in [1.82, 2.24) is 9.88 Å². The van der Waals surface area contributed by atoms with E-state index in [4.69, 9.17) is 0 Å². The molecule has 0 N–H and O–H groups in total. The van der Waals surface area contributed by atoms with E-state index in [1.54, 1.807) is 0 Å². The van der Waals surface area contributed by atoms with Gasteiger partial charge >= 0.3 is 0 Å². The quantitative estimate of drug-likeness (QED) is 0.754. The first-order valence-corrected chi connectivity index (χ1v) is 6.45. The van der Waals surface area contributed by atoms with Crippen LogP contribution >= 0.6 is 0 Å². The topological polar surface area (TPSA) is 36.4 Å². The fourth-order valence-corrected chi connectivity index (χ4v) is 2.29. The molecule has 1 fully saturated rings. The largest absolute Gasteiger partial charge is 0.354 e. The van der Waals surface area contributed by atoms with Gasteiger partial charge in [-0.05, 0) is 12.1 Å². The van der Waals surface area contributed by atoms with E-state index in [9.17, 15) is 4.79 Å². The van der Waals surface area contributed by atoms with Gasteiger partial charge in [-0.15, -0.1) is 0 Å². The van der Waals surface area contributed by atoms with Gasteiger partial charge in [0.2, 0.25) is 0 Å². The highest BCUT2D eigenvalue weighted by atomic mass is 16.1. The van der Waals surface area contributed by atoms with Crippen LogP contribution in [0.3, 0.4) is 0 Å². The summed E-state index contributed by atoms with van der Waals surface area (Å²) in [5, 5.41) is 0. The van der Waals surface area contributed by atoms with E-state index in [2.05, 4.69) is 14.8 Å². The third-order valence-electron chi connectivity index (χ3n) is 3.30. The number of rotatable bonds is 4. The monoisotopic (exact) mass is 247 g/mol. The molecule has 1 aromatic rings. The van der Waals surface area contributed by atoms with Crippen molar-refractivity contribution in [3.05, 3.63) is 24.4 Å². The molecule has 0 aliphatic carbocycles. The number of hydrogen-bond donors (Lipinski definition) is 0. The maximum absolute atomic E-state index is 10.9. The fraction of sp³-hybridized carbons (Fsp3) is 0.571. The fourth-order valence-electron chi connectivity index (χ4n) is 2.29. The van der Waals surface area contributed by atoms with Gasteiger partial charge in [-0.3, -0.25) is 4.90 Å². The summed E-state index contributed by atoms with van der Waals surface area (Å²) >= 11 is 0. The lowest BCUT2D eigenvalue weighted by Crippen LogP contribution is -2.49. The van der Waals surface area contributed by atoms with Crippen molar-refractivity contribution in [1.29, 1.82) is 0 Å². The molecule has 1 aromatic heterocycles. The number of pyridine rings is 1. The molecule has 1 aliphatic heterocycles. The average molecular weight is 247 g/mol. The summed E-state index contributed by atoms with van der Waals surface area (Å²) in [4.78, 5) is 20.0. The highest BCUT2D eigenvalue weighted by Gasteiger charge is 2.24. The third-order valence-corrected chi connectivity index (χ3v) is 3.30. The minimum atomic E-state index is -0.243. The number of piperazine rings is 1. The van der Waals surface area contributed by atoms with Crippen molar-refractivity contribution in [2.45, 2.75) is 13.8 Å². The lowest BCUT2D eigenvalue weighted by atomic mass is 9.95. The molecule has 0 bridgehead atoms. The molecular weight excluding hydrogens is 226 g/mol. The summed E-state index contributed by atoms with van der Waals surface area (Å²) in [6.07, 6.45) is 2.88. The SMILES string of the molecule is CC(C)(C=O)CN1CCN(c2ccccn2)CC1. The molecular formula is C14H21N3O. The van der Waals surface area contributed by atoms with E-state index in [1.165, 1.54) is 0 Å². The molecule has 0 amide bonds. The Kier molecular flexibility index (Phi) is 3.97. The van der Waals surface area contributed by atoms with E-state index in [0.29, 0.717) is 0 Å². The van der Waals surface area contributed by atoms with Gasteiger partial charge in [0.15, 0.2) is 0 Å². The molecule has 4 heteroatoms. The summed E-state index contributed by atoms with van der Waals surface area (Å²) in [6, 6.07) is 6.00. The minimum absolute atomic E-state index is 0.243. The molecule has 0 saturated carbocycles. The Morgan fingerprint density at radius 1 is 1.28 bits per heavy atom. The highest BCUT2D eigenvalue weighted by Crippen LogP contribution is 2.17. The maximum atomic E-state index is 10.9. The van der Waals surface area contributed by atoms with Crippen molar-refractivity contribution >= 4 is 12.1 Å². The van der Waals surface area contributed by atoms with Crippen LogP contribution in [-0.2, 0) is 4.79 Å². The number of carbonyl (C=O) groups is 1. The van der Waals surface area contributed by atoms with E-state index >= 15 is 0 Å². The smallest absolute Gasteiger partial charge is 0.128 e. The molecule has 98 valence electrons. The third kappa shape index (κ3) is 3.29. The van der Waals surface area contributed by atoms with Crippen LogP contribution in [0.1, 0.15) is 13.8 Å². The first kappa shape index (κ1) is 13.0. The summed E-state index contributed by atoms with van der Waals surface area (Å²) < 4.78 is 0. The molecule has 1 aliphatic rings. The standard InChI is InChI=1S/C14H21N3O/c1-14(2,12-18)11-16-7-9-17(10-8-16)13-5-3-4-6-15-13/h3-6,12H,7-11H2,1-2H3. The number of carbonyl (C=O) groups excluding carboxylic acids is 1. The summed E-state index contributed by atoms with van der Waals surface area (Å²) in [6.45, 7) is 8.77. The highest BCUT2D eigenvalue weighted by molar-refractivity contribution is 5.58. The molecule has 0 atom stereocenters. The number of hydrogen-bond acceptors (Lipinski definition) is 4. The van der Waals surface area contributed by atoms with E-state index < -0.39 is 0 Å².